The molecule has 9 heteroatoms. The van der Waals surface area contributed by atoms with Crippen LogP contribution < -0.4 is 14.2 Å². The molecule has 0 aliphatic carbocycles. The van der Waals surface area contributed by atoms with Crippen LogP contribution in [0.2, 0.25) is 0 Å². The van der Waals surface area contributed by atoms with E-state index in [1.807, 2.05) is 0 Å². The van der Waals surface area contributed by atoms with Gasteiger partial charge in [0.25, 0.3) is 0 Å². The Bertz CT molecular complexity index is 420. The highest BCUT2D eigenvalue weighted by Crippen LogP contribution is 2.19. The number of hydrogen-bond acceptors (Lipinski definition) is 9. The number of epoxide rings is 3. The second-order valence-electron chi connectivity index (χ2n) is 4.98. The van der Waals surface area contributed by atoms with Gasteiger partial charge in [0.2, 0.25) is 0 Å². The standard InChI is InChI=1S/C12H15N3O6/c1-7(16-1)4-19-10-13-11(20-5-8-2-17-8)15-12(14-10)21-6-9-3-18-9/h7-9H,1-6H2. The first-order valence-electron chi connectivity index (χ1n) is 6.84. The van der Waals surface area contributed by atoms with Crippen molar-refractivity contribution in [2.45, 2.75) is 18.3 Å². The molecule has 3 fully saturated rings. The number of aromatic nitrogens is 3. The van der Waals surface area contributed by atoms with Crippen molar-refractivity contribution in [3.05, 3.63) is 0 Å². The number of rotatable bonds is 9. The second-order valence-corrected chi connectivity index (χ2v) is 4.98. The van der Waals surface area contributed by atoms with Gasteiger partial charge in [-0.3, -0.25) is 0 Å². The Hall–Kier alpha value is -1.71. The molecule has 0 spiro atoms. The lowest BCUT2D eigenvalue weighted by molar-refractivity contribution is 0.204. The molecule has 4 heterocycles. The van der Waals surface area contributed by atoms with Crippen LogP contribution in [0.3, 0.4) is 0 Å². The minimum absolute atomic E-state index is 0.121. The van der Waals surface area contributed by atoms with E-state index in [1.165, 1.54) is 0 Å². The second kappa shape index (κ2) is 5.58. The van der Waals surface area contributed by atoms with E-state index in [1.54, 1.807) is 0 Å². The van der Waals surface area contributed by atoms with Gasteiger partial charge < -0.3 is 28.4 Å². The van der Waals surface area contributed by atoms with Crippen molar-refractivity contribution in [3.8, 4) is 18.0 Å². The molecule has 0 amide bonds. The highest BCUT2D eigenvalue weighted by molar-refractivity contribution is 5.09. The highest BCUT2D eigenvalue weighted by Gasteiger charge is 2.27. The third-order valence-electron chi connectivity index (χ3n) is 2.98. The Morgan fingerprint density at radius 1 is 0.667 bits per heavy atom. The molecule has 4 rings (SSSR count). The van der Waals surface area contributed by atoms with Crippen molar-refractivity contribution in [1.82, 2.24) is 15.0 Å². The van der Waals surface area contributed by atoms with Crippen LogP contribution in [0.15, 0.2) is 0 Å². The molecule has 3 unspecified atom stereocenters. The SMILES string of the molecule is C(Oc1nc(OCC2CO2)nc(OCC2CO2)n1)C1CO1. The first kappa shape index (κ1) is 13.0. The summed E-state index contributed by atoms with van der Waals surface area (Å²) in [4.78, 5) is 12.3. The zero-order valence-corrected chi connectivity index (χ0v) is 11.3. The number of nitrogens with zero attached hydrogens (tertiary/aromatic N) is 3. The fraction of sp³-hybridized carbons (Fsp3) is 0.750. The number of hydrogen-bond donors (Lipinski definition) is 0. The minimum atomic E-state index is 0.121. The maximum atomic E-state index is 5.45. The molecule has 3 atom stereocenters. The van der Waals surface area contributed by atoms with Crippen LogP contribution in [0.4, 0.5) is 0 Å². The van der Waals surface area contributed by atoms with Gasteiger partial charge in [0.1, 0.15) is 38.1 Å². The zero-order valence-electron chi connectivity index (χ0n) is 11.3. The normalized spacial score (nSPS) is 28.9. The molecule has 3 aliphatic heterocycles. The third-order valence-corrected chi connectivity index (χ3v) is 2.98. The van der Waals surface area contributed by atoms with Crippen LogP contribution in [0, 0.1) is 0 Å². The van der Waals surface area contributed by atoms with E-state index in [0.717, 1.165) is 0 Å². The average molecular weight is 297 g/mol. The smallest absolute Gasteiger partial charge is 0.325 e. The van der Waals surface area contributed by atoms with E-state index in [9.17, 15) is 0 Å². The summed E-state index contributed by atoms with van der Waals surface area (Å²) < 4.78 is 31.6. The molecule has 21 heavy (non-hydrogen) atoms. The lowest BCUT2D eigenvalue weighted by Gasteiger charge is -2.08. The van der Waals surface area contributed by atoms with E-state index < -0.39 is 0 Å². The van der Waals surface area contributed by atoms with Crippen LogP contribution >= 0.6 is 0 Å². The Balaban J connectivity index is 1.40. The zero-order chi connectivity index (χ0) is 14.1. The summed E-state index contributed by atoms with van der Waals surface area (Å²) in [5.41, 5.74) is 0. The predicted octanol–water partition coefficient (Wildman–Crippen LogP) is -0.796. The molecule has 0 bridgehead atoms. The quantitative estimate of drug-likeness (QED) is 0.542. The van der Waals surface area contributed by atoms with Crippen LogP contribution in [-0.4, -0.2) is 72.9 Å². The summed E-state index contributed by atoms with van der Waals surface area (Å²) in [7, 11) is 0. The first-order chi connectivity index (χ1) is 10.3. The Labute approximate surface area is 120 Å². The van der Waals surface area contributed by atoms with Gasteiger partial charge in [0.05, 0.1) is 19.8 Å². The van der Waals surface area contributed by atoms with Gasteiger partial charge >= 0.3 is 18.0 Å². The van der Waals surface area contributed by atoms with Gasteiger partial charge in [-0.25, -0.2) is 0 Å². The lowest BCUT2D eigenvalue weighted by atomic mass is 10.5. The van der Waals surface area contributed by atoms with Gasteiger partial charge in [-0.05, 0) is 0 Å². The van der Waals surface area contributed by atoms with Gasteiger partial charge in [-0.15, -0.1) is 15.0 Å². The summed E-state index contributed by atoms with van der Waals surface area (Å²) in [5, 5.41) is 0. The van der Waals surface area contributed by atoms with E-state index in [4.69, 9.17) is 28.4 Å². The molecular weight excluding hydrogens is 282 g/mol. The molecule has 9 nitrogen and oxygen atoms in total. The molecule has 1 aromatic rings. The van der Waals surface area contributed by atoms with E-state index in [0.29, 0.717) is 39.6 Å². The molecule has 0 saturated carbocycles. The van der Waals surface area contributed by atoms with Crippen LogP contribution in [0.5, 0.6) is 18.0 Å². The van der Waals surface area contributed by atoms with Crippen molar-refractivity contribution < 1.29 is 28.4 Å². The van der Waals surface area contributed by atoms with Crippen molar-refractivity contribution in [2.24, 2.45) is 0 Å². The summed E-state index contributed by atoms with van der Waals surface area (Å²) >= 11 is 0. The van der Waals surface area contributed by atoms with Crippen molar-refractivity contribution in [2.75, 3.05) is 39.6 Å². The molecule has 3 aliphatic rings. The van der Waals surface area contributed by atoms with Gasteiger partial charge in [0.15, 0.2) is 0 Å². The minimum Gasteiger partial charge on any atom is -0.460 e. The van der Waals surface area contributed by atoms with Gasteiger partial charge in [0, 0.05) is 0 Å². The van der Waals surface area contributed by atoms with Gasteiger partial charge in [-0.2, -0.15) is 0 Å². The molecule has 0 aromatic carbocycles. The maximum Gasteiger partial charge on any atom is 0.325 e. The molecule has 1 aromatic heterocycles. The predicted molar refractivity (Wildman–Crippen MR) is 65.5 cm³/mol. The van der Waals surface area contributed by atoms with Crippen LogP contribution in [0.1, 0.15) is 0 Å². The third kappa shape index (κ3) is 4.13. The van der Waals surface area contributed by atoms with Crippen molar-refractivity contribution >= 4 is 0 Å². The molecule has 0 N–H and O–H groups in total. The topological polar surface area (TPSA) is 104 Å². The molecule has 0 radical (unpaired) electrons. The summed E-state index contributed by atoms with van der Waals surface area (Å²) in [6.45, 7) is 3.32. The van der Waals surface area contributed by atoms with Crippen LogP contribution in [0.25, 0.3) is 0 Å². The molecule has 114 valence electrons. The fourth-order valence-corrected chi connectivity index (χ4v) is 1.51. The van der Waals surface area contributed by atoms with E-state index >= 15 is 0 Å². The Morgan fingerprint density at radius 3 is 1.19 bits per heavy atom. The van der Waals surface area contributed by atoms with Crippen molar-refractivity contribution in [1.29, 1.82) is 0 Å². The summed E-state index contributed by atoms with van der Waals surface area (Å²) in [6, 6.07) is 0.497. The van der Waals surface area contributed by atoms with E-state index in [-0.39, 0.29) is 36.3 Å². The Morgan fingerprint density at radius 2 is 0.952 bits per heavy atom. The van der Waals surface area contributed by atoms with Crippen LogP contribution in [-0.2, 0) is 14.2 Å². The molecule has 3 saturated heterocycles. The first-order valence-corrected chi connectivity index (χ1v) is 6.84. The highest BCUT2D eigenvalue weighted by atomic mass is 16.6. The lowest BCUT2D eigenvalue weighted by Crippen LogP contribution is -2.13. The fourth-order valence-electron chi connectivity index (χ4n) is 1.51. The average Bonchev–Trinajstić information content (AvgIpc) is 3.38. The largest absolute Gasteiger partial charge is 0.460 e. The van der Waals surface area contributed by atoms with E-state index in [2.05, 4.69) is 15.0 Å². The van der Waals surface area contributed by atoms with Gasteiger partial charge in [-0.1, -0.05) is 0 Å². The maximum absolute atomic E-state index is 5.45. The number of ether oxygens (including phenoxy) is 6. The molecular formula is C12H15N3O6. The summed E-state index contributed by atoms with van der Waals surface area (Å²) in [5.74, 6) is 0. The Kier molecular flexibility index (Phi) is 3.45. The van der Waals surface area contributed by atoms with Crippen molar-refractivity contribution in [3.63, 3.8) is 0 Å². The summed E-state index contributed by atoms with van der Waals surface area (Å²) in [6.07, 6.45) is 0.362. The monoisotopic (exact) mass is 297 g/mol.